The highest BCUT2D eigenvalue weighted by atomic mass is 16.3. The first kappa shape index (κ1) is 11.4. The summed E-state index contributed by atoms with van der Waals surface area (Å²) in [6, 6.07) is -0.442. The van der Waals surface area contributed by atoms with E-state index in [4.69, 9.17) is 5.11 Å². The molecule has 96 valence electrons. The number of hydrogen-bond acceptors (Lipinski definition) is 5. The Hall–Kier alpha value is -1.70. The molecule has 7 nitrogen and oxygen atoms in total. The zero-order valence-electron chi connectivity index (χ0n) is 9.55. The Kier molecular flexibility index (Phi) is 2.66. The zero-order chi connectivity index (χ0) is 12.7. The van der Waals surface area contributed by atoms with Crippen LogP contribution in [0, 0.1) is 0 Å². The first-order valence-corrected chi connectivity index (χ1v) is 5.80. The number of rotatable bonds is 2. The van der Waals surface area contributed by atoms with Gasteiger partial charge in [-0.3, -0.25) is 4.79 Å². The van der Waals surface area contributed by atoms with Crippen molar-refractivity contribution in [2.75, 3.05) is 6.61 Å². The van der Waals surface area contributed by atoms with E-state index in [-0.39, 0.29) is 24.2 Å². The van der Waals surface area contributed by atoms with E-state index in [1.54, 1.807) is 6.20 Å². The maximum absolute atomic E-state index is 11.6. The van der Waals surface area contributed by atoms with Gasteiger partial charge in [-0.1, -0.05) is 0 Å². The van der Waals surface area contributed by atoms with Gasteiger partial charge in [-0.15, -0.1) is 0 Å². The molecule has 3 unspecified atom stereocenters. The Morgan fingerprint density at radius 1 is 1.44 bits per heavy atom. The minimum Gasteiger partial charge on any atom is -0.395 e. The van der Waals surface area contributed by atoms with E-state index in [1.807, 2.05) is 0 Å². The predicted octanol–water partition coefficient (Wildman–Crippen LogP) is -0.993. The van der Waals surface area contributed by atoms with Gasteiger partial charge in [0.15, 0.2) is 0 Å². The zero-order valence-corrected chi connectivity index (χ0v) is 9.55. The molecule has 7 heteroatoms. The molecule has 3 heterocycles. The summed E-state index contributed by atoms with van der Waals surface area (Å²) < 4.78 is 0. The molecule has 18 heavy (non-hydrogen) atoms. The van der Waals surface area contributed by atoms with E-state index < -0.39 is 6.10 Å². The van der Waals surface area contributed by atoms with E-state index in [2.05, 4.69) is 20.3 Å². The minimum atomic E-state index is -0.595. The van der Waals surface area contributed by atoms with Crippen molar-refractivity contribution < 1.29 is 10.2 Å². The van der Waals surface area contributed by atoms with Crippen LogP contribution in [0.15, 0.2) is 17.3 Å². The number of aliphatic hydroxyl groups is 2. The summed E-state index contributed by atoms with van der Waals surface area (Å²) in [6.07, 6.45) is 2.90. The van der Waals surface area contributed by atoms with E-state index in [9.17, 15) is 9.90 Å². The molecule has 0 radical (unpaired) electrons. The molecule has 0 bridgehead atoms. The van der Waals surface area contributed by atoms with Crippen LogP contribution in [0.5, 0.6) is 0 Å². The second kappa shape index (κ2) is 4.20. The van der Waals surface area contributed by atoms with Gasteiger partial charge in [-0.05, 0) is 6.42 Å². The topological polar surface area (TPSA) is 114 Å². The lowest BCUT2D eigenvalue weighted by molar-refractivity contribution is 0.157. The van der Waals surface area contributed by atoms with Crippen molar-refractivity contribution in [3.05, 3.63) is 28.4 Å². The van der Waals surface area contributed by atoms with Crippen molar-refractivity contribution in [1.29, 1.82) is 0 Å². The molecule has 3 rings (SSSR count). The fourth-order valence-electron chi connectivity index (χ4n) is 2.49. The molecule has 0 aromatic carbocycles. The second-order valence-electron chi connectivity index (χ2n) is 4.53. The number of nitrogens with one attached hydrogen (secondary N) is 3. The van der Waals surface area contributed by atoms with E-state index in [1.165, 1.54) is 6.33 Å². The maximum atomic E-state index is 11.6. The Morgan fingerprint density at radius 2 is 2.28 bits per heavy atom. The van der Waals surface area contributed by atoms with Crippen LogP contribution in [0.25, 0.3) is 11.0 Å². The standard InChI is InChI=1S/C11H14N4O3/c16-3-5-1-7(17)8(15-5)6-2-12-10-9(6)13-4-14-11(10)18/h2,4-5,7-8,12,15-17H,1,3H2,(H,13,14,18). The van der Waals surface area contributed by atoms with Crippen molar-refractivity contribution in [2.45, 2.75) is 24.6 Å². The normalized spacial score (nSPS) is 28.0. The summed E-state index contributed by atoms with van der Waals surface area (Å²) in [6.45, 7) is -0.0239. The van der Waals surface area contributed by atoms with Gasteiger partial charge in [0, 0.05) is 17.8 Å². The average Bonchev–Trinajstić information content (AvgIpc) is 2.93. The van der Waals surface area contributed by atoms with Gasteiger partial charge in [-0.2, -0.15) is 0 Å². The molecule has 3 atom stereocenters. The lowest BCUT2D eigenvalue weighted by Gasteiger charge is -2.13. The first-order chi connectivity index (χ1) is 8.70. The number of H-pyrrole nitrogens is 2. The van der Waals surface area contributed by atoms with Crippen LogP contribution in [-0.4, -0.2) is 43.9 Å². The highest BCUT2D eigenvalue weighted by Gasteiger charge is 2.34. The van der Waals surface area contributed by atoms with Gasteiger partial charge >= 0.3 is 0 Å². The molecule has 0 spiro atoms. The number of hydrogen-bond donors (Lipinski definition) is 5. The summed E-state index contributed by atoms with van der Waals surface area (Å²) >= 11 is 0. The molecule has 2 aromatic rings. The van der Waals surface area contributed by atoms with Gasteiger partial charge in [0.2, 0.25) is 0 Å². The van der Waals surface area contributed by atoms with E-state index >= 15 is 0 Å². The van der Waals surface area contributed by atoms with Crippen molar-refractivity contribution in [3.63, 3.8) is 0 Å². The molecule has 0 amide bonds. The molecule has 0 saturated carbocycles. The summed E-state index contributed by atoms with van der Waals surface area (Å²) in [5, 5.41) is 22.2. The monoisotopic (exact) mass is 250 g/mol. The molecular formula is C11H14N4O3. The number of aromatic amines is 2. The fourth-order valence-corrected chi connectivity index (χ4v) is 2.49. The Balaban J connectivity index is 2.05. The molecule has 2 aromatic heterocycles. The fraction of sp³-hybridized carbons (Fsp3) is 0.455. The number of aliphatic hydroxyl groups excluding tert-OH is 2. The number of nitrogens with zero attached hydrogens (tertiary/aromatic N) is 1. The number of fused-ring (bicyclic) bond motifs is 1. The third-order valence-electron chi connectivity index (χ3n) is 3.38. The van der Waals surface area contributed by atoms with Crippen LogP contribution < -0.4 is 10.9 Å². The molecule has 1 saturated heterocycles. The Labute approximate surface area is 102 Å². The van der Waals surface area contributed by atoms with Gasteiger partial charge in [-0.25, -0.2) is 4.98 Å². The summed E-state index contributed by atoms with van der Waals surface area (Å²) in [7, 11) is 0. The Bertz CT molecular complexity index is 620. The first-order valence-electron chi connectivity index (χ1n) is 5.80. The largest absolute Gasteiger partial charge is 0.395 e. The third-order valence-corrected chi connectivity index (χ3v) is 3.38. The summed E-state index contributed by atoms with van der Waals surface area (Å²) in [4.78, 5) is 21.0. The maximum Gasteiger partial charge on any atom is 0.275 e. The second-order valence-corrected chi connectivity index (χ2v) is 4.53. The molecule has 1 aliphatic heterocycles. The SMILES string of the molecule is O=c1[nH]cnc2c(C3NC(CO)CC3O)c[nH]c12. The average molecular weight is 250 g/mol. The quantitative estimate of drug-likeness (QED) is 0.469. The van der Waals surface area contributed by atoms with Gasteiger partial charge in [0.25, 0.3) is 5.56 Å². The van der Waals surface area contributed by atoms with Crippen LogP contribution in [0.4, 0.5) is 0 Å². The molecule has 5 N–H and O–H groups in total. The lowest BCUT2D eigenvalue weighted by atomic mass is 10.0. The van der Waals surface area contributed by atoms with Crippen LogP contribution in [0.3, 0.4) is 0 Å². The van der Waals surface area contributed by atoms with Crippen molar-refractivity contribution in [3.8, 4) is 0 Å². The smallest absolute Gasteiger partial charge is 0.275 e. The van der Waals surface area contributed by atoms with Crippen molar-refractivity contribution >= 4 is 11.0 Å². The van der Waals surface area contributed by atoms with Gasteiger partial charge in [0.05, 0.1) is 25.1 Å². The summed E-state index contributed by atoms with van der Waals surface area (Å²) in [5.41, 5.74) is 1.46. The molecular weight excluding hydrogens is 236 g/mol. The highest BCUT2D eigenvalue weighted by Crippen LogP contribution is 2.30. The van der Waals surface area contributed by atoms with Crippen LogP contribution in [-0.2, 0) is 0 Å². The molecule has 1 fully saturated rings. The van der Waals surface area contributed by atoms with Gasteiger partial charge in [0.1, 0.15) is 11.0 Å². The van der Waals surface area contributed by atoms with E-state index in [0.717, 1.165) is 5.56 Å². The highest BCUT2D eigenvalue weighted by molar-refractivity contribution is 5.78. The van der Waals surface area contributed by atoms with Crippen molar-refractivity contribution in [1.82, 2.24) is 20.3 Å². The van der Waals surface area contributed by atoms with Crippen LogP contribution >= 0.6 is 0 Å². The van der Waals surface area contributed by atoms with E-state index in [0.29, 0.717) is 17.5 Å². The summed E-state index contributed by atoms with van der Waals surface area (Å²) in [5.74, 6) is 0. The predicted molar refractivity (Wildman–Crippen MR) is 64.1 cm³/mol. The van der Waals surface area contributed by atoms with Crippen LogP contribution in [0.1, 0.15) is 18.0 Å². The van der Waals surface area contributed by atoms with Gasteiger partial charge < -0.3 is 25.5 Å². The molecule has 0 aliphatic carbocycles. The molecule has 1 aliphatic rings. The van der Waals surface area contributed by atoms with Crippen LogP contribution in [0.2, 0.25) is 0 Å². The Morgan fingerprint density at radius 3 is 3.00 bits per heavy atom. The number of aromatic nitrogens is 3. The minimum absolute atomic E-state index is 0.0239. The van der Waals surface area contributed by atoms with Crippen molar-refractivity contribution in [2.24, 2.45) is 0 Å². The lowest BCUT2D eigenvalue weighted by Crippen LogP contribution is -2.28. The third kappa shape index (κ3) is 1.64.